The van der Waals surface area contributed by atoms with E-state index in [1.165, 1.54) is 6.07 Å². The Labute approximate surface area is 183 Å². The number of methoxy groups -OCH3 is 1. The molecule has 1 atom stereocenters. The van der Waals surface area contributed by atoms with E-state index in [9.17, 15) is 9.18 Å². The van der Waals surface area contributed by atoms with Gasteiger partial charge in [-0.15, -0.1) is 24.0 Å². The summed E-state index contributed by atoms with van der Waals surface area (Å²) in [4.78, 5) is 18.9. The fourth-order valence-corrected chi connectivity index (χ4v) is 3.21. The van der Waals surface area contributed by atoms with Crippen LogP contribution in [0.3, 0.4) is 0 Å². The largest absolute Gasteiger partial charge is 0.466 e. The molecule has 1 N–H and O–H groups in total. The van der Waals surface area contributed by atoms with Crippen molar-refractivity contribution in [2.75, 3.05) is 33.4 Å². The molecule has 1 heterocycles. The summed E-state index contributed by atoms with van der Waals surface area (Å²) >= 11 is 0. The number of rotatable bonds is 7. The van der Waals surface area contributed by atoms with Crippen LogP contribution in [0.25, 0.3) is 0 Å². The number of piperidine rings is 1. The lowest BCUT2D eigenvalue weighted by Gasteiger charge is -2.34. The predicted octanol–water partition coefficient (Wildman–Crippen LogP) is 3.33. The minimum absolute atomic E-state index is 0. The van der Waals surface area contributed by atoms with Gasteiger partial charge in [0.05, 0.1) is 25.7 Å². The van der Waals surface area contributed by atoms with Crippen molar-refractivity contribution in [2.24, 2.45) is 10.9 Å². The summed E-state index contributed by atoms with van der Waals surface area (Å²) in [5.41, 5.74) is 1.44. The van der Waals surface area contributed by atoms with Gasteiger partial charge in [-0.1, -0.05) is 6.07 Å². The molecule has 0 amide bonds. The zero-order valence-corrected chi connectivity index (χ0v) is 19.2. The SMILES string of the molecule is CCNC(=NCc1ccc(F)c(COC)c1)N1CCCC(C(=O)OCC)C1.I. The van der Waals surface area contributed by atoms with Gasteiger partial charge >= 0.3 is 5.97 Å². The second-order valence-corrected chi connectivity index (χ2v) is 6.57. The van der Waals surface area contributed by atoms with E-state index in [0.717, 1.165) is 37.5 Å². The number of halogens is 2. The van der Waals surface area contributed by atoms with E-state index in [2.05, 4.69) is 10.2 Å². The van der Waals surface area contributed by atoms with Crippen LogP contribution in [0, 0.1) is 11.7 Å². The molecule has 1 unspecified atom stereocenters. The molecule has 0 bridgehead atoms. The number of benzene rings is 1. The van der Waals surface area contributed by atoms with Crippen molar-refractivity contribution in [2.45, 2.75) is 39.8 Å². The number of nitrogens with zero attached hydrogens (tertiary/aromatic N) is 2. The Hall–Kier alpha value is -1.42. The van der Waals surface area contributed by atoms with Crippen LogP contribution in [-0.2, 0) is 27.4 Å². The summed E-state index contributed by atoms with van der Waals surface area (Å²) in [5, 5.41) is 3.29. The zero-order chi connectivity index (χ0) is 19.6. The Balaban J connectivity index is 0.00000392. The Kier molecular flexibility index (Phi) is 11.4. The van der Waals surface area contributed by atoms with E-state index in [-0.39, 0.29) is 48.3 Å². The lowest BCUT2D eigenvalue weighted by atomic mass is 9.98. The molecular formula is C20H31FIN3O3. The van der Waals surface area contributed by atoms with Crippen molar-refractivity contribution in [3.63, 3.8) is 0 Å². The third-order valence-electron chi connectivity index (χ3n) is 4.50. The van der Waals surface area contributed by atoms with E-state index in [1.807, 2.05) is 13.8 Å². The minimum Gasteiger partial charge on any atom is -0.466 e. The van der Waals surface area contributed by atoms with E-state index in [0.29, 0.717) is 25.3 Å². The summed E-state index contributed by atoms with van der Waals surface area (Å²) in [6.07, 6.45) is 1.76. The summed E-state index contributed by atoms with van der Waals surface area (Å²) in [5.74, 6) is 0.233. The smallest absolute Gasteiger partial charge is 0.310 e. The van der Waals surface area contributed by atoms with Crippen molar-refractivity contribution in [1.29, 1.82) is 0 Å². The van der Waals surface area contributed by atoms with Crippen LogP contribution in [0.4, 0.5) is 4.39 Å². The first-order chi connectivity index (χ1) is 13.1. The molecule has 1 aromatic rings. The van der Waals surface area contributed by atoms with Gasteiger partial charge in [-0.2, -0.15) is 0 Å². The number of likely N-dealkylation sites (tertiary alicyclic amines) is 1. The van der Waals surface area contributed by atoms with Gasteiger partial charge in [0.25, 0.3) is 0 Å². The molecule has 2 rings (SSSR count). The highest BCUT2D eigenvalue weighted by Gasteiger charge is 2.28. The number of carbonyl (C=O) groups excluding carboxylic acids is 1. The second kappa shape index (κ2) is 12.9. The summed E-state index contributed by atoms with van der Waals surface area (Å²) in [6.45, 7) is 7.08. The highest BCUT2D eigenvalue weighted by molar-refractivity contribution is 14.0. The van der Waals surface area contributed by atoms with Crippen LogP contribution in [0.1, 0.15) is 37.8 Å². The van der Waals surface area contributed by atoms with E-state index in [4.69, 9.17) is 14.5 Å². The lowest BCUT2D eigenvalue weighted by Crippen LogP contribution is -2.48. The molecule has 1 aliphatic rings. The maximum Gasteiger partial charge on any atom is 0.310 e. The number of hydrogen-bond acceptors (Lipinski definition) is 4. The molecule has 1 fully saturated rings. The molecule has 6 nitrogen and oxygen atoms in total. The standard InChI is InChI=1S/C20H30FN3O3.HI/c1-4-22-20(24-10-6-7-16(13-24)19(25)27-5-2)23-12-15-8-9-18(21)17(11-15)14-26-3;/h8-9,11,16H,4-7,10,12-14H2,1-3H3,(H,22,23);1H. The van der Waals surface area contributed by atoms with Crippen molar-refractivity contribution < 1.29 is 18.7 Å². The van der Waals surface area contributed by atoms with Crippen molar-refractivity contribution >= 4 is 35.9 Å². The predicted molar refractivity (Wildman–Crippen MR) is 118 cm³/mol. The van der Waals surface area contributed by atoms with Gasteiger partial charge in [0, 0.05) is 32.3 Å². The van der Waals surface area contributed by atoms with Gasteiger partial charge < -0.3 is 19.7 Å². The molecule has 0 aromatic heterocycles. The Morgan fingerprint density at radius 3 is 2.86 bits per heavy atom. The highest BCUT2D eigenvalue weighted by Crippen LogP contribution is 2.19. The Morgan fingerprint density at radius 1 is 1.39 bits per heavy atom. The quantitative estimate of drug-likeness (QED) is 0.266. The highest BCUT2D eigenvalue weighted by atomic mass is 127. The van der Waals surface area contributed by atoms with Crippen LogP contribution in [0.15, 0.2) is 23.2 Å². The maximum absolute atomic E-state index is 13.8. The molecule has 0 saturated carbocycles. The van der Waals surface area contributed by atoms with Crippen LogP contribution in [-0.4, -0.2) is 50.2 Å². The third-order valence-corrected chi connectivity index (χ3v) is 4.50. The fourth-order valence-electron chi connectivity index (χ4n) is 3.21. The Morgan fingerprint density at radius 2 is 2.18 bits per heavy atom. The first kappa shape index (κ1) is 24.6. The molecule has 0 aliphatic carbocycles. The molecule has 28 heavy (non-hydrogen) atoms. The molecule has 1 aliphatic heterocycles. The van der Waals surface area contributed by atoms with Gasteiger partial charge in [0.1, 0.15) is 5.82 Å². The van der Waals surface area contributed by atoms with Gasteiger partial charge in [0.15, 0.2) is 5.96 Å². The van der Waals surface area contributed by atoms with Gasteiger partial charge in [-0.25, -0.2) is 9.38 Å². The van der Waals surface area contributed by atoms with Gasteiger partial charge in [-0.05, 0) is 44.4 Å². The molecule has 8 heteroatoms. The van der Waals surface area contributed by atoms with Crippen molar-refractivity contribution in [3.8, 4) is 0 Å². The first-order valence-electron chi connectivity index (χ1n) is 9.55. The minimum atomic E-state index is -0.273. The fraction of sp³-hybridized carbons (Fsp3) is 0.600. The molecule has 0 radical (unpaired) electrons. The van der Waals surface area contributed by atoms with Gasteiger partial charge in [-0.3, -0.25) is 4.79 Å². The van der Waals surface area contributed by atoms with E-state index in [1.54, 1.807) is 19.2 Å². The second-order valence-electron chi connectivity index (χ2n) is 6.57. The summed E-state index contributed by atoms with van der Waals surface area (Å²) in [7, 11) is 1.55. The van der Waals surface area contributed by atoms with E-state index >= 15 is 0 Å². The summed E-state index contributed by atoms with van der Waals surface area (Å²) < 4.78 is 24.0. The number of carbonyl (C=O) groups is 1. The van der Waals surface area contributed by atoms with Crippen molar-refractivity contribution in [3.05, 3.63) is 35.1 Å². The number of guanidine groups is 1. The molecule has 0 spiro atoms. The number of nitrogens with one attached hydrogen (secondary N) is 1. The van der Waals surface area contributed by atoms with Crippen LogP contribution < -0.4 is 5.32 Å². The van der Waals surface area contributed by atoms with Crippen LogP contribution in [0.5, 0.6) is 0 Å². The number of esters is 1. The molecule has 158 valence electrons. The molecule has 1 aromatic carbocycles. The normalized spacial score (nSPS) is 17.1. The topological polar surface area (TPSA) is 63.2 Å². The molecular weight excluding hydrogens is 476 g/mol. The Bertz CT molecular complexity index is 658. The average molecular weight is 507 g/mol. The number of hydrogen-bond donors (Lipinski definition) is 1. The third kappa shape index (κ3) is 7.20. The lowest BCUT2D eigenvalue weighted by molar-refractivity contribution is -0.149. The number of aliphatic imine (C=N–C) groups is 1. The van der Waals surface area contributed by atoms with Crippen LogP contribution in [0.2, 0.25) is 0 Å². The van der Waals surface area contributed by atoms with Crippen LogP contribution >= 0.6 is 24.0 Å². The molecule has 1 saturated heterocycles. The first-order valence-corrected chi connectivity index (χ1v) is 9.55. The van der Waals surface area contributed by atoms with Gasteiger partial charge in [0.2, 0.25) is 0 Å². The average Bonchev–Trinajstić information content (AvgIpc) is 2.68. The zero-order valence-electron chi connectivity index (χ0n) is 16.9. The number of ether oxygens (including phenoxy) is 2. The van der Waals surface area contributed by atoms with Crippen molar-refractivity contribution in [1.82, 2.24) is 10.2 Å². The maximum atomic E-state index is 13.8. The van der Waals surface area contributed by atoms with E-state index < -0.39 is 0 Å². The monoisotopic (exact) mass is 507 g/mol. The summed E-state index contributed by atoms with van der Waals surface area (Å²) in [6, 6.07) is 4.96.